The van der Waals surface area contributed by atoms with E-state index in [4.69, 9.17) is 11.6 Å². The van der Waals surface area contributed by atoms with Crippen LogP contribution < -0.4 is 0 Å². The molecule has 0 saturated heterocycles. The van der Waals surface area contributed by atoms with E-state index in [1.807, 2.05) is 0 Å². The van der Waals surface area contributed by atoms with Crippen molar-refractivity contribution in [3.8, 4) is 5.69 Å². The minimum absolute atomic E-state index is 0.468. The number of nitrogens with zero attached hydrogens (tertiary/aromatic N) is 4. The molecule has 0 aliphatic heterocycles. The fourth-order valence-corrected chi connectivity index (χ4v) is 1.42. The van der Waals surface area contributed by atoms with Gasteiger partial charge in [0.25, 0.3) is 0 Å². The molecule has 0 N–H and O–H groups in total. The molecule has 0 spiro atoms. The van der Waals surface area contributed by atoms with Crippen molar-refractivity contribution in [1.29, 1.82) is 0 Å². The van der Waals surface area contributed by atoms with Crippen molar-refractivity contribution < 1.29 is 8.78 Å². The number of aromatic nitrogens is 4. The van der Waals surface area contributed by atoms with E-state index in [0.717, 1.165) is 0 Å². The van der Waals surface area contributed by atoms with Crippen molar-refractivity contribution in [1.82, 2.24) is 19.7 Å². The molecule has 0 aliphatic carbocycles. The lowest BCUT2D eigenvalue weighted by Gasteiger charge is -2.06. The van der Waals surface area contributed by atoms with Crippen LogP contribution in [-0.4, -0.2) is 19.7 Å². The lowest BCUT2D eigenvalue weighted by atomic mass is 10.5. The van der Waals surface area contributed by atoms with E-state index in [2.05, 4.69) is 31.0 Å². The van der Waals surface area contributed by atoms with Crippen LogP contribution in [0.5, 0.6) is 0 Å². The monoisotopic (exact) mass is 308 g/mol. The summed E-state index contributed by atoms with van der Waals surface area (Å²) in [5.74, 6) is -0.732. The van der Waals surface area contributed by atoms with Gasteiger partial charge in [-0.15, -0.1) is 0 Å². The summed E-state index contributed by atoms with van der Waals surface area (Å²) in [5, 5.41) is 0.453. The van der Waals surface area contributed by atoms with Gasteiger partial charge in [0.15, 0.2) is 0 Å². The SMILES string of the molecule is FC(F)(Cl)c1ncc(-n2ccc(Br)n2)cn1. The Kier molecular flexibility index (Phi) is 2.90. The van der Waals surface area contributed by atoms with Crippen LogP contribution in [0.1, 0.15) is 5.82 Å². The number of halogens is 4. The first-order chi connectivity index (χ1) is 7.47. The van der Waals surface area contributed by atoms with Crippen LogP contribution in [0.15, 0.2) is 29.3 Å². The summed E-state index contributed by atoms with van der Waals surface area (Å²) < 4.78 is 27.3. The number of hydrogen-bond donors (Lipinski definition) is 0. The third-order valence-corrected chi connectivity index (χ3v) is 2.30. The molecular formula is C8H4BrClF2N4. The molecule has 0 aromatic carbocycles. The van der Waals surface area contributed by atoms with Crippen molar-refractivity contribution in [3.63, 3.8) is 0 Å². The summed E-state index contributed by atoms with van der Waals surface area (Å²) in [4.78, 5) is 6.93. The first kappa shape index (κ1) is 11.4. The predicted molar refractivity (Wildman–Crippen MR) is 56.6 cm³/mol. The summed E-state index contributed by atoms with van der Waals surface area (Å²) in [7, 11) is 0. The molecule has 0 radical (unpaired) electrons. The van der Waals surface area contributed by atoms with Gasteiger partial charge in [0.2, 0.25) is 5.82 Å². The van der Waals surface area contributed by atoms with Crippen LogP contribution in [0, 0.1) is 0 Å². The van der Waals surface area contributed by atoms with Crippen LogP contribution in [0.3, 0.4) is 0 Å². The van der Waals surface area contributed by atoms with Crippen LogP contribution in [0.25, 0.3) is 5.69 Å². The number of hydrogen-bond acceptors (Lipinski definition) is 3. The Balaban J connectivity index is 2.33. The molecule has 2 heterocycles. The lowest BCUT2D eigenvalue weighted by Crippen LogP contribution is -2.10. The zero-order valence-electron chi connectivity index (χ0n) is 7.61. The number of alkyl halides is 3. The summed E-state index contributed by atoms with van der Waals surface area (Å²) in [5.41, 5.74) is 0.468. The fraction of sp³-hybridized carbons (Fsp3) is 0.125. The molecule has 2 rings (SSSR count). The predicted octanol–water partition coefficient (Wildman–Crippen LogP) is 2.71. The molecule has 8 heteroatoms. The molecule has 0 unspecified atom stereocenters. The Morgan fingerprint density at radius 1 is 1.31 bits per heavy atom. The van der Waals surface area contributed by atoms with Gasteiger partial charge in [-0.2, -0.15) is 13.9 Å². The van der Waals surface area contributed by atoms with E-state index in [0.29, 0.717) is 10.3 Å². The van der Waals surface area contributed by atoms with Gasteiger partial charge in [-0.3, -0.25) is 0 Å². The van der Waals surface area contributed by atoms with Gasteiger partial charge >= 0.3 is 5.38 Å². The smallest absolute Gasteiger partial charge is 0.237 e. The van der Waals surface area contributed by atoms with Gasteiger partial charge in [0.05, 0.1) is 12.4 Å². The van der Waals surface area contributed by atoms with Crippen molar-refractivity contribution in [2.75, 3.05) is 0 Å². The zero-order valence-corrected chi connectivity index (χ0v) is 9.95. The Morgan fingerprint density at radius 2 is 1.94 bits per heavy atom. The molecule has 0 bridgehead atoms. The second kappa shape index (κ2) is 4.06. The largest absolute Gasteiger partial charge is 0.381 e. The maximum Gasteiger partial charge on any atom is 0.381 e. The van der Waals surface area contributed by atoms with Crippen LogP contribution in [0.2, 0.25) is 0 Å². The summed E-state index contributed by atoms with van der Waals surface area (Å²) in [6, 6.07) is 1.70. The molecule has 0 atom stereocenters. The highest BCUT2D eigenvalue weighted by atomic mass is 79.9. The van der Waals surface area contributed by atoms with Gasteiger partial charge in [-0.25, -0.2) is 14.6 Å². The van der Waals surface area contributed by atoms with Gasteiger partial charge in [0.1, 0.15) is 10.3 Å². The topological polar surface area (TPSA) is 43.6 Å². The lowest BCUT2D eigenvalue weighted by molar-refractivity contribution is 0.0844. The van der Waals surface area contributed by atoms with E-state index in [-0.39, 0.29) is 0 Å². The standard InChI is InChI=1S/C8H4BrClF2N4/c9-6-1-2-16(15-6)5-3-13-7(14-4-5)8(10,11)12/h1-4H. The van der Waals surface area contributed by atoms with Crippen molar-refractivity contribution in [3.05, 3.63) is 35.1 Å². The second-order valence-electron chi connectivity index (χ2n) is 2.85. The molecule has 2 aromatic heterocycles. The fourth-order valence-electron chi connectivity index (χ4n) is 1.03. The molecule has 84 valence electrons. The molecule has 0 saturated carbocycles. The minimum Gasteiger partial charge on any atom is -0.237 e. The van der Waals surface area contributed by atoms with Gasteiger partial charge in [-0.05, 0) is 33.6 Å². The third-order valence-electron chi connectivity index (χ3n) is 1.71. The Morgan fingerprint density at radius 3 is 2.38 bits per heavy atom. The Labute approximate surface area is 102 Å². The normalized spacial score (nSPS) is 11.8. The molecule has 0 amide bonds. The van der Waals surface area contributed by atoms with Gasteiger partial charge < -0.3 is 0 Å². The Bertz CT molecular complexity index is 493. The van der Waals surface area contributed by atoms with Crippen molar-refractivity contribution in [2.45, 2.75) is 5.38 Å². The Hall–Kier alpha value is -1.08. The maximum absolute atomic E-state index is 12.6. The third kappa shape index (κ3) is 2.35. The highest BCUT2D eigenvalue weighted by Gasteiger charge is 2.31. The van der Waals surface area contributed by atoms with E-state index >= 15 is 0 Å². The van der Waals surface area contributed by atoms with Gasteiger partial charge in [-0.1, -0.05) is 0 Å². The number of rotatable bonds is 2. The average molecular weight is 310 g/mol. The van der Waals surface area contributed by atoms with E-state index in [1.165, 1.54) is 17.1 Å². The second-order valence-corrected chi connectivity index (χ2v) is 4.13. The van der Waals surface area contributed by atoms with Crippen LogP contribution in [0.4, 0.5) is 8.78 Å². The highest BCUT2D eigenvalue weighted by Crippen LogP contribution is 2.28. The van der Waals surface area contributed by atoms with Crippen molar-refractivity contribution in [2.24, 2.45) is 0 Å². The molecule has 4 nitrogen and oxygen atoms in total. The van der Waals surface area contributed by atoms with E-state index in [9.17, 15) is 8.78 Å². The molecule has 0 aliphatic rings. The quantitative estimate of drug-likeness (QED) is 0.801. The highest BCUT2D eigenvalue weighted by molar-refractivity contribution is 9.10. The van der Waals surface area contributed by atoms with Crippen molar-refractivity contribution >= 4 is 27.5 Å². The van der Waals surface area contributed by atoms with Crippen LogP contribution >= 0.6 is 27.5 Å². The van der Waals surface area contributed by atoms with Crippen LogP contribution in [-0.2, 0) is 5.38 Å². The minimum atomic E-state index is -3.55. The zero-order chi connectivity index (χ0) is 11.8. The van der Waals surface area contributed by atoms with E-state index in [1.54, 1.807) is 12.3 Å². The summed E-state index contributed by atoms with van der Waals surface area (Å²) in [6.45, 7) is 0. The summed E-state index contributed by atoms with van der Waals surface area (Å²) in [6.07, 6.45) is 4.08. The molecule has 0 fully saturated rings. The summed E-state index contributed by atoms with van der Waals surface area (Å²) >= 11 is 7.93. The maximum atomic E-state index is 12.6. The molecular weight excluding hydrogens is 305 g/mol. The van der Waals surface area contributed by atoms with E-state index < -0.39 is 11.2 Å². The average Bonchev–Trinajstić information content (AvgIpc) is 2.64. The first-order valence-electron chi connectivity index (χ1n) is 4.07. The van der Waals surface area contributed by atoms with Gasteiger partial charge in [0, 0.05) is 6.20 Å². The first-order valence-corrected chi connectivity index (χ1v) is 5.25. The molecule has 16 heavy (non-hydrogen) atoms. The molecule has 2 aromatic rings.